The Kier molecular flexibility index (Phi) is 2.82. The number of aromatic nitrogens is 1. The van der Waals surface area contributed by atoms with Gasteiger partial charge in [-0.2, -0.15) is 0 Å². The molecule has 1 spiro atoms. The molecule has 23 heavy (non-hydrogen) atoms. The van der Waals surface area contributed by atoms with E-state index in [4.69, 9.17) is 0 Å². The molecule has 4 rings (SSSR count). The third-order valence-corrected chi connectivity index (χ3v) is 4.89. The van der Waals surface area contributed by atoms with Crippen LogP contribution in [0.5, 0.6) is 0 Å². The number of pyridine rings is 1. The van der Waals surface area contributed by atoms with Crippen LogP contribution in [0.3, 0.4) is 0 Å². The maximum Gasteiger partial charge on any atom is 0.238 e. The molecule has 116 valence electrons. The summed E-state index contributed by atoms with van der Waals surface area (Å²) >= 11 is 0. The Morgan fingerprint density at radius 3 is 2.83 bits per heavy atom. The van der Waals surface area contributed by atoms with Crippen molar-refractivity contribution < 1.29 is 9.59 Å². The normalized spacial score (nSPS) is 24.7. The van der Waals surface area contributed by atoms with Crippen molar-refractivity contribution in [3.05, 3.63) is 53.9 Å². The molecule has 1 aliphatic heterocycles. The summed E-state index contributed by atoms with van der Waals surface area (Å²) in [6.07, 6.45) is 2.21. The van der Waals surface area contributed by atoms with Crippen LogP contribution < -0.4 is 10.2 Å². The Balaban J connectivity index is 1.60. The zero-order chi connectivity index (χ0) is 16.2. The molecule has 1 saturated carbocycles. The number of carbonyl (C=O) groups is 2. The lowest BCUT2D eigenvalue weighted by Crippen LogP contribution is -2.32. The molecule has 0 radical (unpaired) electrons. The standard InChI is InChI=1S/C18H17N3O2/c1-11-7-8-12(10-19-11)20-16(22)14-9-18(14)13-5-3-4-6-15(13)21(2)17(18)23/h3-8,10,14H,9H2,1-2H3,(H,20,22)/t14-,18+/m0/s1. The molecule has 2 atom stereocenters. The van der Waals surface area contributed by atoms with Crippen molar-refractivity contribution in [1.29, 1.82) is 0 Å². The molecule has 0 saturated heterocycles. The van der Waals surface area contributed by atoms with E-state index in [1.54, 1.807) is 18.1 Å². The molecule has 1 aliphatic carbocycles. The molecule has 2 aliphatic rings. The van der Waals surface area contributed by atoms with Gasteiger partial charge in [-0.15, -0.1) is 0 Å². The molecule has 5 nitrogen and oxygen atoms in total. The smallest absolute Gasteiger partial charge is 0.238 e. The van der Waals surface area contributed by atoms with Gasteiger partial charge in [-0.05, 0) is 37.1 Å². The van der Waals surface area contributed by atoms with E-state index in [1.165, 1.54) is 0 Å². The highest BCUT2D eigenvalue weighted by Crippen LogP contribution is 2.61. The van der Waals surface area contributed by atoms with Gasteiger partial charge in [0, 0.05) is 18.4 Å². The summed E-state index contributed by atoms with van der Waals surface area (Å²) in [5, 5.41) is 2.88. The molecule has 1 fully saturated rings. The van der Waals surface area contributed by atoms with Gasteiger partial charge < -0.3 is 10.2 Å². The summed E-state index contributed by atoms with van der Waals surface area (Å²) in [6.45, 7) is 1.89. The summed E-state index contributed by atoms with van der Waals surface area (Å²) < 4.78 is 0. The van der Waals surface area contributed by atoms with E-state index in [-0.39, 0.29) is 17.7 Å². The summed E-state index contributed by atoms with van der Waals surface area (Å²) in [6, 6.07) is 11.4. The zero-order valence-electron chi connectivity index (χ0n) is 13.0. The number of amides is 2. The van der Waals surface area contributed by atoms with Crippen LogP contribution in [0.15, 0.2) is 42.6 Å². The maximum atomic E-state index is 12.7. The molecule has 2 aromatic rings. The van der Waals surface area contributed by atoms with Crippen molar-refractivity contribution >= 4 is 23.2 Å². The molecule has 1 N–H and O–H groups in total. The van der Waals surface area contributed by atoms with Crippen LogP contribution in [0, 0.1) is 12.8 Å². The van der Waals surface area contributed by atoms with Crippen molar-refractivity contribution in [2.45, 2.75) is 18.8 Å². The number of nitrogens with zero attached hydrogens (tertiary/aromatic N) is 2. The summed E-state index contributed by atoms with van der Waals surface area (Å²) in [7, 11) is 1.77. The first-order chi connectivity index (χ1) is 11.0. The van der Waals surface area contributed by atoms with Gasteiger partial charge in [0.1, 0.15) is 0 Å². The fourth-order valence-electron chi connectivity index (χ4n) is 3.55. The number of anilines is 2. The van der Waals surface area contributed by atoms with Crippen LogP contribution in [-0.2, 0) is 15.0 Å². The molecule has 1 aromatic heterocycles. The number of para-hydroxylation sites is 1. The number of benzene rings is 1. The highest BCUT2D eigenvalue weighted by molar-refractivity contribution is 6.15. The average molecular weight is 307 g/mol. The fourth-order valence-corrected chi connectivity index (χ4v) is 3.55. The minimum absolute atomic E-state index is 0.0147. The van der Waals surface area contributed by atoms with E-state index in [0.29, 0.717) is 12.1 Å². The number of hydrogen-bond donors (Lipinski definition) is 1. The van der Waals surface area contributed by atoms with Crippen molar-refractivity contribution in [3.8, 4) is 0 Å². The van der Waals surface area contributed by atoms with Crippen LogP contribution in [0.4, 0.5) is 11.4 Å². The number of rotatable bonds is 2. The van der Waals surface area contributed by atoms with Gasteiger partial charge in [-0.3, -0.25) is 14.6 Å². The first-order valence-corrected chi connectivity index (χ1v) is 7.65. The molecule has 5 heteroatoms. The lowest BCUT2D eigenvalue weighted by Gasteiger charge is -2.11. The Bertz CT molecular complexity index is 815. The second-order valence-electron chi connectivity index (χ2n) is 6.29. The zero-order valence-corrected chi connectivity index (χ0v) is 13.0. The summed E-state index contributed by atoms with van der Waals surface area (Å²) in [5.74, 6) is -0.419. The van der Waals surface area contributed by atoms with E-state index in [2.05, 4.69) is 10.3 Å². The Labute approximate surface area is 134 Å². The first kappa shape index (κ1) is 13.9. The van der Waals surface area contributed by atoms with Crippen LogP contribution >= 0.6 is 0 Å². The van der Waals surface area contributed by atoms with Gasteiger partial charge in [0.05, 0.1) is 23.2 Å². The Hall–Kier alpha value is -2.69. The molecule has 0 bridgehead atoms. The summed E-state index contributed by atoms with van der Waals surface area (Å²) in [4.78, 5) is 31.1. The minimum Gasteiger partial charge on any atom is -0.324 e. The largest absolute Gasteiger partial charge is 0.324 e. The number of nitrogens with one attached hydrogen (secondary N) is 1. The van der Waals surface area contributed by atoms with Crippen LogP contribution in [0.25, 0.3) is 0 Å². The van der Waals surface area contributed by atoms with Gasteiger partial charge in [0.15, 0.2) is 0 Å². The van der Waals surface area contributed by atoms with Crippen molar-refractivity contribution in [1.82, 2.24) is 4.98 Å². The van der Waals surface area contributed by atoms with Crippen LogP contribution in [-0.4, -0.2) is 23.8 Å². The van der Waals surface area contributed by atoms with Gasteiger partial charge in [-0.1, -0.05) is 18.2 Å². The van der Waals surface area contributed by atoms with E-state index >= 15 is 0 Å². The lowest BCUT2D eigenvalue weighted by atomic mass is 9.94. The van der Waals surface area contributed by atoms with Gasteiger partial charge >= 0.3 is 0 Å². The number of carbonyl (C=O) groups excluding carboxylic acids is 2. The highest BCUT2D eigenvalue weighted by Gasteiger charge is 2.69. The number of fused-ring (bicyclic) bond motifs is 2. The van der Waals surface area contributed by atoms with Gasteiger partial charge in [0.25, 0.3) is 0 Å². The molecular formula is C18H17N3O2. The molecule has 0 unspecified atom stereocenters. The highest BCUT2D eigenvalue weighted by atomic mass is 16.2. The summed E-state index contributed by atoms with van der Waals surface area (Å²) in [5.41, 5.74) is 2.76. The van der Waals surface area contributed by atoms with Crippen LogP contribution in [0.2, 0.25) is 0 Å². The monoisotopic (exact) mass is 307 g/mol. The van der Waals surface area contributed by atoms with E-state index < -0.39 is 5.41 Å². The predicted octanol–water partition coefficient (Wildman–Crippen LogP) is 2.26. The SMILES string of the molecule is Cc1ccc(NC(=O)[C@@H]2C[C@]23C(=O)N(C)c2ccccc23)cn1. The van der Waals surface area contributed by atoms with Crippen LogP contribution in [0.1, 0.15) is 17.7 Å². The maximum absolute atomic E-state index is 12.7. The Morgan fingerprint density at radius 2 is 2.09 bits per heavy atom. The topological polar surface area (TPSA) is 62.3 Å². The van der Waals surface area contributed by atoms with Crippen molar-refractivity contribution in [2.24, 2.45) is 5.92 Å². The first-order valence-electron chi connectivity index (χ1n) is 7.65. The van der Waals surface area contributed by atoms with Crippen molar-refractivity contribution in [3.63, 3.8) is 0 Å². The predicted molar refractivity (Wildman–Crippen MR) is 87.2 cm³/mol. The molecule has 1 aromatic carbocycles. The fraction of sp³-hybridized carbons (Fsp3) is 0.278. The van der Waals surface area contributed by atoms with E-state index in [0.717, 1.165) is 16.9 Å². The second kappa shape index (κ2) is 4.65. The minimum atomic E-state index is -0.673. The quantitative estimate of drug-likeness (QED) is 0.925. The Morgan fingerprint density at radius 1 is 1.30 bits per heavy atom. The van der Waals surface area contributed by atoms with E-state index in [9.17, 15) is 9.59 Å². The van der Waals surface area contributed by atoms with Gasteiger partial charge in [0.2, 0.25) is 11.8 Å². The third kappa shape index (κ3) is 1.89. The number of aryl methyl sites for hydroxylation is 1. The third-order valence-electron chi connectivity index (χ3n) is 4.89. The number of hydrogen-bond acceptors (Lipinski definition) is 3. The number of likely N-dealkylation sites (N-methyl/N-ethyl adjacent to an activating group) is 1. The molecule has 2 amide bonds. The molecule has 2 heterocycles. The van der Waals surface area contributed by atoms with Crippen molar-refractivity contribution in [2.75, 3.05) is 17.3 Å². The average Bonchev–Trinajstić information content (AvgIpc) is 3.28. The second-order valence-corrected chi connectivity index (χ2v) is 6.29. The van der Waals surface area contributed by atoms with E-state index in [1.807, 2.05) is 43.3 Å². The lowest BCUT2D eigenvalue weighted by molar-refractivity contribution is -0.123. The molecular weight excluding hydrogens is 290 g/mol. The van der Waals surface area contributed by atoms with Gasteiger partial charge in [-0.25, -0.2) is 0 Å².